The SMILES string of the molecule is CNC(=O)c1ccc(N)c(CC2Cc3cc(C4=CCN(C(=O)OC(C)(C)C)CC4)ccc3N(C(C)=O)C2O)c1. The van der Waals surface area contributed by atoms with Gasteiger partial charge in [0.2, 0.25) is 5.91 Å². The van der Waals surface area contributed by atoms with Crippen molar-refractivity contribution in [3.05, 3.63) is 64.7 Å². The summed E-state index contributed by atoms with van der Waals surface area (Å²) in [5, 5.41) is 13.8. The minimum Gasteiger partial charge on any atom is -0.444 e. The Bertz CT molecular complexity index is 1310. The zero-order chi connectivity index (χ0) is 28.5. The molecule has 2 atom stereocenters. The first-order chi connectivity index (χ1) is 18.4. The quantitative estimate of drug-likeness (QED) is 0.513. The number of ether oxygens (including phenoxy) is 1. The smallest absolute Gasteiger partial charge is 0.410 e. The molecule has 3 amide bonds. The summed E-state index contributed by atoms with van der Waals surface area (Å²) >= 11 is 0. The molecule has 2 aliphatic heterocycles. The normalized spacial score (nSPS) is 19.2. The molecule has 2 aromatic rings. The summed E-state index contributed by atoms with van der Waals surface area (Å²) in [7, 11) is 1.57. The molecular weight excluding hydrogens is 496 g/mol. The van der Waals surface area contributed by atoms with Crippen molar-refractivity contribution >= 4 is 34.9 Å². The lowest BCUT2D eigenvalue weighted by molar-refractivity contribution is -0.119. The molecule has 4 N–H and O–H groups in total. The van der Waals surface area contributed by atoms with Gasteiger partial charge in [-0.1, -0.05) is 12.1 Å². The second-order valence-corrected chi connectivity index (χ2v) is 11.2. The molecule has 2 aliphatic rings. The van der Waals surface area contributed by atoms with Gasteiger partial charge in [0.15, 0.2) is 0 Å². The lowest BCUT2D eigenvalue weighted by atomic mass is 9.84. The molecule has 39 heavy (non-hydrogen) atoms. The first kappa shape index (κ1) is 28.2. The molecule has 4 rings (SSSR count). The number of fused-ring (bicyclic) bond motifs is 1. The number of anilines is 2. The number of nitrogen functional groups attached to an aromatic ring is 1. The first-order valence-corrected chi connectivity index (χ1v) is 13.3. The lowest BCUT2D eigenvalue weighted by Gasteiger charge is -2.39. The third-order valence-corrected chi connectivity index (χ3v) is 7.19. The predicted octanol–water partition coefficient (Wildman–Crippen LogP) is 3.74. The predicted molar refractivity (Wildman–Crippen MR) is 151 cm³/mol. The van der Waals surface area contributed by atoms with Crippen molar-refractivity contribution in [3.8, 4) is 0 Å². The molecule has 2 aromatic carbocycles. The Hall–Kier alpha value is -3.85. The maximum Gasteiger partial charge on any atom is 0.410 e. The molecule has 2 unspecified atom stereocenters. The zero-order valence-corrected chi connectivity index (χ0v) is 23.3. The number of nitrogens with zero attached hydrogens (tertiary/aromatic N) is 2. The number of benzene rings is 2. The van der Waals surface area contributed by atoms with Gasteiger partial charge in [0, 0.05) is 49.9 Å². The second-order valence-electron chi connectivity index (χ2n) is 11.2. The van der Waals surface area contributed by atoms with Gasteiger partial charge in [-0.25, -0.2) is 4.79 Å². The summed E-state index contributed by atoms with van der Waals surface area (Å²) in [6.07, 6.45) is 2.31. The Morgan fingerprint density at radius 3 is 2.51 bits per heavy atom. The van der Waals surface area contributed by atoms with Crippen LogP contribution in [0.1, 0.15) is 61.2 Å². The van der Waals surface area contributed by atoms with Crippen molar-refractivity contribution in [1.82, 2.24) is 10.2 Å². The molecule has 2 heterocycles. The van der Waals surface area contributed by atoms with Crippen LogP contribution in [0.5, 0.6) is 0 Å². The topological polar surface area (TPSA) is 125 Å². The standard InChI is InChI=1S/C30H38N4O5/c1-18(35)34-26-9-7-20(19-10-12-33(13-11-19)29(38)39-30(2,3)4)14-23(26)17-24(28(34)37)16-22-15-21(27(36)32-5)6-8-25(22)31/h6-10,14-15,24,28,37H,11-13,16-17,31H2,1-5H3,(H,32,36). The fourth-order valence-electron chi connectivity index (χ4n) is 5.23. The van der Waals surface area contributed by atoms with Crippen molar-refractivity contribution in [2.45, 2.75) is 58.8 Å². The molecule has 0 aromatic heterocycles. The molecule has 0 spiro atoms. The average Bonchev–Trinajstić information content (AvgIpc) is 2.88. The van der Waals surface area contributed by atoms with Crippen LogP contribution in [0.4, 0.5) is 16.2 Å². The third kappa shape index (κ3) is 6.25. The third-order valence-electron chi connectivity index (χ3n) is 7.19. The van der Waals surface area contributed by atoms with E-state index in [9.17, 15) is 19.5 Å². The number of hydrogen-bond donors (Lipinski definition) is 3. The summed E-state index contributed by atoms with van der Waals surface area (Å²) in [5.41, 5.74) is 11.3. The van der Waals surface area contributed by atoms with Crippen molar-refractivity contribution in [3.63, 3.8) is 0 Å². The molecule has 0 fully saturated rings. The van der Waals surface area contributed by atoms with Crippen LogP contribution in [0.15, 0.2) is 42.5 Å². The van der Waals surface area contributed by atoms with Crippen LogP contribution >= 0.6 is 0 Å². The molecule has 0 bridgehead atoms. The maximum atomic E-state index is 12.6. The van der Waals surface area contributed by atoms with E-state index in [1.54, 1.807) is 30.1 Å². The summed E-state index contributed by atoms with van der Waals surface area (Å²) in [6.45, 7) is 8.02. The van der Waals surface area contributed by atoms with Crippen molar-refractivity contribution < 1.29 is 24.2 Å². The Morgan fingerprint density at radius 1 is 1.15 bits per heavy atom. The lowest BCUT2D eigenvalue weighted by Crippen LogP contribution is -2.48. The average molecular weight is 535 g/mol. The number of carbonyl (C=O) groups is 3. The van der Waals surface area contributed by atoms with Gasteiger partial charge in [0.05, 0.1) is 0 Å². The van der Waals surface area contributed by atoms with E-state index in [0.29, 0.717) is 49.3 Å². The molecule has 9 nitrogen and oxygen atoms in total. The van der Waals surface area contributed by atoms with Crippen LogP contribution in [-0.2, 0) is 22.4 Å². The number of nitrogens with one attached hydrogen (secondary N) is 1. The van der Waals surface area contributed by atoms with Crippen molar-refractivity contribution in [2.24, 2.45) is 5.92 Å². The molecular formula is C30H38N4O5. The van der Waals surface area contributed by atoms with E-state index < -0.39 is 11.8 Å². The highest BCUT2D eigenvalue weighted by Crippen LogP contribution is 2.38. The van der Waals surface area contributed by atoms with Crippen LogP contribution in [-0.4, -0.2) is 59.9 Å². The summed E-state index contributed by atoms with van der Waals surface area (Å²) in [5.74, 6) is -0.785. The molecule has 0 aliphatic carbocycles. The number of rotatable bonds is 4. The van der Waals surface area contributed by atoms with Gasteiger partial charge in [0.25, 0.3) is 5.91 Å². The number of carbonyl (C=O) groups excluding carboxylic acids is 3. The monoisotopic (exact) mass is 534 g/mol. The fraction of sp³-hybridized carbons (Fsp3) is 0.433. The van der Waals surface area contributed by atoms with E-state index in [4.69, 9.17) is 10.5 Å². The fourth-order valence-corrected chi connectivity index (χ4v) is 5.23. The summed E-state index contributed by atoms with van der Waals surface area (Å²) in [6, 6.07) is 11.0. The molecule has 0 saturated heterocycles. The Kier molecular flexibility index (Phi) is 8.02. The number of amides is 3. The summed E-state index contributed by atoms with van der Waals surface area (Å²) < 4.78 is 5.50. The summed E-state index contributed by atoms with van der Waals surface area (Å²) in [4.78, 5) is 40.4. The van der Waals surface area contributed by atoms with E-state index in [1.165, 1.54) is 11.8 Å². The van der Waals surface area contributed by atoms with Crippen molar-refractivity contribution in [2.75, 3.05) is 30.8 Å². The van der Waals surface area contributed by atoms with Gasteiger partial charge in [-0.15, -0.1) is 0 Å². The highest BCUT2D eigenvalue weighted by atomic mass is 16.6. The minimum absolute atomic E-state index is 0.216. The van der Waals surface area contributed by atoms with Gasteiger partial charge in [-0.3, -0.25) is 14.5 Å². The van der Waals surface area contributed by atoms with E-state index in [0.717, 1.165) is 22.3 Å². The molecule has 9 heteroatoms. The highest BCUT2D eigenvalue weighted by molar-refractivity contribution is 5.95. The largest absolute Gasteiger partial charge is 0.444 e. The van der Waals surface area contributed by atoms with Gasteiger partial charge in [-0.2, -0.15) is 0 Å². The maximum absolute atomic E-state index is 12.6. The van der Waals surface area contributed by atoms with Crippen LogP contribution in [0.3, 0.4) is 0 Å². The van der Waals surface area contributed by atoms with Crippen LogP contribution in [0.2, 0.25) is 0 Å². The van der Waals surface area contributed by atoms with Crippen molar-refractivity contribution in [1.29, 1.82) is 0 Å². The van der Waals surface area contributed by atoms with Gasteiger partial charge in [0.1, 0.15) is 11.8 Å². The highest BCUT2D eigenvalue weighted by Gasteiger charge is 2.36. The second kappa shape index (κ2) is 11.1. The van der Waals surface area contributed by atoms with E-state index >= 15 is 0 Å². The molecule has 208 valence electrons. The van der Waals surface area contributed by atoms with Crippen LogP contribution in [0.25, 0.3) is 5.57 Å². The van der Waals surface area contributed by atoms with Gasteiger partial charge in [-0.05, 0) is 92.6 Å². The number of aliphatic hydroxyl groups is 1. The number of aliphatic hydroxyl groups excluding tert-OH is 1. The number of hydrogen-bond acceptors (Lipinski definition) is 6. The Morgan fingerprint density at radius 2 is 1.90 bits per heavy atom. The number of nitrogens with two attached hydrogens (primary N) is 1. The van der Waals surface area contributed by atoms with Gasteiger partial charge < -0.3 is 25.8 Å². The zero-order valence-electron chi connectivity index (χ0n) is 23.3. The first-order valence-electron chi connectivity index (χ1n) is 13.3. The van der Waals surface area contributed by atoms with E-state index in [2.05, 4.69) is 11.4 Å². The van der Waals surface area contributed by atoms with E-state index in [1.807, 2.05) is 39.0 Å². The Labute approximate surface area is 229 Å². The molecule has 0 radical (unpaired) electrons. The minimum atomic E-state index is -1.03. The Balaban J connectivity index is 1.59. The van der Waals surface area contributed by atoms with Crippen LogP contribution < -0.4 is 16.0 Å². The van der Waals surface area contributed by atoms with E-state index in [-0.39, 0.29) is 23.8 Å². The van der Waals surface area contributed by atoms with Crippen LogP contribution in [0, 0.1) is 5.92 Å². The van der Waals surface area contributed by atoms with Gasteiger partial charge >= 0.3 is 6.09 Å². The molecule has 0 saturated carbocycles.